The summed E-state index contributed by atoms with van der Waals surface area (Å²) in [7, 11) is -4.25. The Bertz CT molecular complexity index is 1600. The topological polar surface area (TPSA) is 86.8 Å². The van der Waals surface area contributed by atoms with Crippen LogP contribution in [0.5, 0.6) is 0 Å². The first kappa shape index (κ1) is 30.7. The minimum absolute atomic E-state index is 0.00330. The molecule has 0 aromatic heterocycles. The number of carbonyl (C=O) groups excluding carboxylic acids is 2. The Morgan fingerprint density at radius 3 is 2.10 bits per heavy atom. The molecule has 4 aromatic rings. The zero-order chi connectivity index (χ0) is 30.1. The van der Waals surface area contributed by atoms with Gasteiger partial charge in [-0.3, -0.25) is 13.9 Å². The van der Waals surface area contributed by atoms with Crippen LogP contribution in [0.4, 0.5) is 10.1 Å². The summed E-state index contributed by atoms with van der Waals surface area (Å²) in [5.41, 5.74) is 1.59. The van der Waals surface area contributed by atoms with Crippen LogP contribution in [0.15, 0.2) is 114 Å². The number of nitrogens with one attached hydrogen (secondary N) is 1. The van der Waals surface area contributed by atoms with Gasteiger partial charge in [0, 0.05) is 24.5 Å². The van der Waals surface area contributed by atoms with E-state index < -0.39 is 34.3 Å². The van der Waals surface area contributed by atoms with Gasteiger partial charge in [-0.15, -0.1) is 0 Å². The molecule has 0 bridgehead atoms. The van der Waals surface area contributed by atoms with E-state index in [1.807, 2.05) is 30.3 Å². The number of sulfonamides is 1. The summed E-state index contributed by atoms with van der Waals surface area (Å²) in [6.07, 6.45) is 0.195. The summed E-state index contributed by atoms with van der Waals surface area (Å²) in [4.78, 5) is 29.0. The molecule has 0 radical (unpaired) electrons. The highest BCUT2D eigenvalue weighted by atomic mass is 35.5. The largest absolute Gasteiger partial charge is 0.355 e. The maximum atomic E-state index is 14.2. The van der Waals surface area contributed by atoms with Gasteiger partial charge in [-0.1, -0.05) is 72.3 Å². The van der Waals surface area contributed by atoms with E-state index in [0.29, 0.717) is 17.1 Å². The fourth-order valence-electron chi connectivity index (χ4n) is 4.53. The van der Waals surface area contributed by atoms with Gasteiger partial charge < -0.3 is 10.2 Å². The Kier molecular flexibility index (Phi) is 10.3. The lowest BCUT2D eigenvalue weighted by atomic mass is 10.0. The summed E-state index contributed by atoms with van der Waals surface area (Å²) in [5.74, 6) is -1.55. The van der Waals surface area contributed by atoms with Crippen LogP contribution < -0.4 is 9.62 Å². The molecule has 0 saturated heterocycles. The lowest BCUT2D eigenvalue weighted by Gasteiger charge is -2.33. The van der Waals surface area contributed by atoms with Gasteiger partial charge in [0.15, 0.2) is 0 Å². The molecule has 4 aromatic carbocycles. The zero-order valence-electron chi connectivity index (χ0n) is 23.0. The minimum Gasteiger partial charge on any atom is -0.355 e. The zero-order valence-corrected chi connectivity index (χ0v) is 24.6. The first-order chi connectivity index (χ1) is 20.2. The van der Waals surface area contributed by atoms with Crippen LogP contribution in [0.25, 0.3) is 0 Å². The van der Waals surface area contributed by atoms with Crippen molar-refractivity contribution in [1.82, 2.24) is 10.2 Å². The van der Waals surface area contributed by atoms with Crippen LogP contribution in [-0.4, -0.2) is 44.3 Å². The van der Waals surface area contributed by atoms with Crippen molar-refractivity contribution in [3.05, 3.63) is 131 Å². The van der Waals surface area contributed by atoms with E-state index in [1.165, 1.54) is 29.2 Å². The van der Waals surface area contributed by atoms with Crippen molar-refractivity contribution >= 4 is 39.1 Å². The van der Waals surface area contributed by atoms with E-state index >= 15 is 0 Å². The molecule has 42 heavy (non-hydrogen) atoms. The molecule has 0 aliphatic carbocycles. The Morgan fingerprint density at radius 1 is 0.857 bits per heavy atom. The highest BCUT2D eigenvalue weighted by Gasteiger charge is 2.34. The second kappa shape index (κ2) is 14.1. The number of benzene rings is 4. The fraction of sp³-hybridized carbons (Fsp3) is 0.188. The van der Waals surface area contributed by atoms with E-state index in [0.717, 1.165) is 22.0 Å². The molecule has 7 nitrogen and oxygen atoms in total. The summed E-state index contributed by atoms with van der Waals surface area (Å²) in [5, 5.41) is 3.27. The first-order valence-electron chi connectivity index (χ1n) is 13.4. The molecular formula is C32H31ClFN3O4S. The van der Waals surface area contributed by atoms with Gasteiger partial charge in [0.25, 0.3) is 10.0 Å². The van der Waals surface area contributed by atoms with Crippen molar-refractivity contribution in [1.29, 1.82) is 0 Å². The van der Waals surface area contributed by atoms with Crippen LogP contribution in [0.3, 0.4) is 0 Å². The van der Waals surface area contributed by atoms with Crippen molar-refractivity contribution in [2.24, 2.45) is 0 Å². The molecule has 0 fully saturated rings. The first-order valence-corrected chi connectivity index (χ1v) is 15.2. The van der Waals surface area contributed by atoms with E-state index in [2.05, 4.69) is 5.32 Å². The van der Waals surface area contributed by atoms with Crippen LogP contribution in [-0.2, 0) is 32.6 Å². The third-order valence-electron chi connectivity index (χ3n) is 6.59. The predicted molar refractivity (Wildman–Crippen MR) is 162 cm³/mol. The monoisotopic (exact) mass is 607 g/mol. The van der Waals surface area contributed by atoms with Crippen LogP contribution in [0, 0.1) is 5.82 Å². The molecule has 1 unspecified atom stereocenters. The quantitative estimate of drug-likeness (QED) is 0.232. The van der Waals surface area contributed by atoms with Crippen LogP contribution >= 0.6 is 11.6 Å². The number of carbonyl (C=O) groups is 2. The Balaban J connectivity index is 1.78. The second-order valence-electron chi connectivity index (χ2n) is 9.55. The molecule has 0 heterocycles. The number of likely N-dealkylation sites (N-methyl/N-ethyl adjacent to an activating group) is 1. The smallest absolute Gasteiger partial charge is 0.264 e. The van der Waals surface area contributed by atoms with Crippen LogP contribution in [0.1, 0.15) is 18.1 Å². The van der Waals surface area contributed by atoms with Crippen LogP contribution in [0.2, 0.25) is 5.02 Å². The molecule has 218 valence electrons. The Morgan fingerprint density at radius 2 is 1.48 bits per heavy atom. The third kappa shape index (κ3) is 7.74. The fourth-order valence-corrected chi connectivity index (χ4v) is 6.18. The summed E-state index contributed by atoms with van der Waals surface area (Å²) in [6.45, 7) is 1.49. The third-order valence-corrected chi connectivity index (χ3v) is 8.61. The predicted octanol–water partition coefficient (Wildman–Crippen LogP) is 5.45. The van der Waals surface area contributed by atoms with Gasteiger partial charge >= 0.3 is 0 Å². The normalized spacial score (nSPS) is 11.9. The number of halogens is 2. The number of hydrogen-bond acceptors (Lipinski definition) is 4. The summed E-state index contributed by atoms with van der Waals surface area (Å²) >= 11 is 6.23. The molecule has 0 saturated carbocycles. The molecular weight excluding hydrogens is 577 g/mol. The molecule has 1 atom stereocenters. The molecule has 0 spiro atoms. The highest BCUT2D eigenvalue weighted by molar-refractivity contribution is 7.92. The second-order valence-corrected chi connectivity index (χ2v) is 11.9. The van der Waals surface area contributed by atoms with E-state index in [1.54, 1.807) is 49.4 Å². The Labute approximate surface area is 250 Å². The summed E-state index contributed by atoms with van der Waals surface area (Å²) in [6, 6.07) is 27.8. The van der Waals surface area contributed by atoms with Crippen molar-refractivity contribution < 1.29 is 22.4 Å². The van der Waals surface area contributed by atoms with Gasteiger partial charge in [0.05, 0.1) is 10.6 Å². The number of rotatable bonds is 12. The average molecular weight is 608 g/mol. The minimum atomic E-state index is -4.25. The number of amides is 2. The molecule has 1 N–H and O–H groups in total. The highest BCUT2D eigenvalue weighted by Crippen LogP contribution is 2.25. The van der Waals surface area contributed by atoms with E-state index in [9.17, 15) is 22.4 Å². The SMILES string of the molecule is CCNC(=O)C(Cc1ccccc1)N(Cc1cccc(Cl)c1)C(=O)CN(c1ccc(F)cc1)S(=O)(=O)c1ccccc1. The maximum absolute atomic E-state index is 14.2. The molecule has 4 rings (SSSR count). The van der Waals surface area contributed by atoms with Crippen molar-refractivity contribution in [3.8, 4) is 0 Å². The molecule has 0 aliphatic heterocycles. The number of nitrogens with zero attached hydrogens (tertiary/aromatic N) is 2. The number of hydrogen-bond donors (Lipinski definition) is 1. The van der Waals surface area contributed by atoms with E-state index in [-0.39, 0.29) is 29.5 Å². The maximum Gasteiger partial charge on any atom is 0.264 e. The van der Waals surface area contributed by atoms with Gasteiger partial charge in [-0.2, -0.15) is 0 Å². The van der Waals surface area contributed by atoms with E-state index in [4.69, 9.17) is 11.6 Å². The molecule has 0 aliphatic rings. The molecule has 2 amide bonds. The van der Waals surface area contributed by atoms with Gasteiger partial charge in [0.1, 0.15) is 18.4 Å². The lowest BCUT2D eigenvalue weighted by Crippen LogP contribution is -2.53. The van der Waals surface area contributed by atoms with Crippen molar-refractivity contribution in [2.45, 2.75) is 30.8 Å². The van der Waals surface area contributed by atoms with Gasteiger partial charge in [-0.05, 0) is 66.6 Å². The Hall–Kier alpha value is -4.21. The van der Waals surface area contributed by atoms with Gasteiger partial charge in [-0.25, -0.2) is 12.8 Å². The standard InChI is InChI=1S/C32H31ClFN3O4S/c1-2-35-32(39)30(21-24-10-5-3-6-11-24)36(22-25-12-9-13-26(33)20-25)31(38)23-37(28-18-16-27(34)17-19-28)42(40,41)29-14-7-4-8-15-29/h3-20,30H,2,21-23H2,1H3,(H,35,39). The van der Waals surface area contributed by atoms with Crippen molar-refractivity contribution in [3.63, 3.8) is 0 Å². The van der Waals surface area contributed by atoms with Crippen molar-refractivity contribution in [2.75, 3.05) is 17.4 Å². The average Bonchev–Trinajstić information content (AvgIpc) is 2.99. The van der Waals surface area contributed by atoms with Gasteiger partial charge in [0.2, 0.25) is 11.8 Å². The molecule has 10 heteroatoms. The summed E-state index contributed by atoms with van der Waals surface area (Å²) < 4.78 is 42.4. The lowest BCUT2D eigenvalue weighted by molar-refractivity contribution is -0.140. The number of anilines is 1.